The fourth-order valence-corrected chi connectivity index (χ4v) is 3.15. The van der Waals surface area contributed by atoms with Gasteiger partial charge in [-0.15, -0.1) is 0 Å². The van der Waals surface area contributed by atoms with Crippen LogP contribution in [0.5, 0.6) is 0 Å². The van der Waals surface area contributed by atoms with Crippen LogP contribution in [0.4, 0.5) is 4.39 Å². The van der Waals surface area contributed by atoms with E-state index in [2.05, 4.69) is 10.0 Å². The van der Waals surface area contributed by atoms with Crippen molar-refractivity contribution in [1.29, 1.82) is 5.26 Å². The van der Waals surface area contributed by atoms with E-state index in [1.165, 1.54) is 19.3 Å². The first-order valence-electron chi connectivity index (χ1n) is 6.10. The zero-order valence-corrected chi connectivity index (χ0v) is 12.2. The second-order valence-corrected chi connectivity index (χ2v) is 6.61. The average molecular weight is 314 g/mol. The molecule has 0 fully saturated rings. The summed E-state index contributed by atoms with van der Waals surface area (Å²) < 4.78 is 41.5. The van der Waals surface area contributed by atoms with Crippen molar-refractivity contribution >= 4 is 9.84 Å². The molecule has 0 amide bonds. The number of methoxy groups -OCH3 is 1. The second kappa shape index (κ2) is 7.78. The molecule has 7 nitrogen and oxygen atoms in total. The predicted molar refractivity (Wildman–Crippen MR) is 74.7 cm³/mol. The number of allylic oxidation sites excluding steroid dienone is 1. The number of hydrogen-bond donors (Lipinski definition) is 0. The maximum Gasteiger partial charge on any atom is 0.170 e. The molecular formula is C12H15FN4O3S. The highest BCUT2D eigenvalue weighted by Gasteiger charge is 2.28. The molecule has 0 bridgehead atoms. The van der Waals surface area contributed by atoms with E-state index in [-0.39, 0.29) is 6.42 Å². The third kappa shape index (κ3) is 4.29. The molecule has 9 heteroatoms. The lowest BCUT2D eigenvalue weighted by Crippen LogP contribution is -2.31. The van der Waals surface area contributed by atoms with Gasteiger partial charge in [0.2, 0.25) is 0 Å². The summed E-state index contributed by atoms with van der Waals surface area (Å²) in [6, 6.07) is 0.612. The monoisotopic (exact) mass is 314 g/mol. The molecule has 0 aromatic heterocycles. The van der Waals surface area contributed by atoms with Crippen molar-refractivity contribution in [2.24, 2.45) is 5.11 Å². The Kier molecular flexibility index (Phi) is 6.37. The van der Waals surface area contributed by atoms with Gasteiger partial charge in [-0.05, 0) is 17.5 Å². The van der Waals surface area contributed by atoms with Gasteiger partial charge in [0.1, 0.15) is 12.4 Å². The SMILES string of the molecule is CO[C@H](C1=CCC(S(=O)(=O)CC#N)C=C1)[C@@H](CF)N=[N+]=[N-]. The first-order chi connectivity index (χ1) is 10.00. The van der Waals surface area contributed by atoms with Crippen LogP contribution in [0, 0.1) is 11.3 Å². The van der Waals surface area contributed by atoms with E-state index in [4.69, 9.17) is 15.5 Å². The van der Waals surface area contributed by atoms with Gasteiger partial charge in [0.05, 0.1) is 23.5 Å². The Labute approximate surface area is 122 Å². The molecule has 0 aromatic rings. The van der Waals surface area contributed by atoms with Crippen LogP contribution in [0.3, 0.4) is 0 Å². The van der Waals surface area contributed by atoms with E-state index in [1.54, 1.807) is 12.1 Å². The number of alkyl halides is 1. The van der Waals surface area contributed by atoms with Crippen molar-refractivity contribution in [2.75, 3.05) is 19.5 Å². The minimum atomic E-state index is -3.51. The van der Waals surface area contributed by atoms with E-state index in [1.807, 2.05) is 0 Å². The lowest BCUT2D eigenvalue weighted by Gasteiger charge is -2.24. The molecule has 21 heavy (non-hydrogen) atoms. The van der Waals surface area contributed by atoms with Crippen molar-refractivity contribution in [3.05, 3.63) is 34.2 Å². The van der Waals surface area contributed by atoms with Gasteiger partial charge in [-0.1, -0.05) is 23.3 Å². The highest BCUT2D eigenvalue weighted by Crippen LogP contribution is 2.23. The number of azide groups is 1. The van der Waals surface area contributed by atoms with E-state index >= 15 is 0 Å². The second-order valence-electron chi connectivity index (χ2n) is 4.39. The normalized spacial score (nSPS) is 20.8. The molecule has 3 atom stereocenters. The Morgan fingerprint density at radius 2 is 2.43 bits per heavy atom. The standard InChI is InChI=1S/C12H15FN4O3S/c1-20-12(11(8-13)16-17-15)9-2-4-10(5-3-9)21(18,19)7-6-14/h2-4,10-12H,5,7-8H2,1H3/t10?,11-,12-/m1/s1. The van der Waals surface area contributed by atoms with Crippen LogP contribution in [0.25, 0.3) is 10.4 Å². The number of nitrogens with zero attached hydrogens (tertiary/aromatic N) is 4. The Balaban J connectivity index is 2.90. The lowest BCUT2D eigenvalue weighted by molar-refractivity contribution is 0.102. The number of halogens is 1. The van der Waals surface area contributed by atoms with Gasteiger partial charge in [0.15, 0.2) is 9.84 Å². The van der Waals surface area contributed by atoms with Crippen LogP contribution in [0.15, 0.2) is 28.9 Å². The summed E-state index contributed by atoms with van der Waals surface area (Å²) >= 11 is 0. The molecule has 0 radical (unpaired) electrons. The molecule has 0 heterocycles. The van der Waals surface area contributed by atoms with Gasteiger partial charge in [0, 0.05) is 12.0 Å². The summed E-state index contributed by atoms with van der Waals surface area (Å²) in [5, 5.41) is 11.1. The molecule has 0 saturated carbocycles. The molecule has 1 aliphatic carbocycles. The van der Waals surface area contributed by atoms with Gasteiger partial charge in [-0.3, -0.25) is 4.39 Å². The van der Waals surface area contributed by atoms with Gasteiger partial charge in [-0.2, -0.15) is 5.26 Å². The van der Waals surface area contributed by atoms with Crippen LogP contribution in [-0.4, -0.2) is 45.4 Å². The number of nitriles is 1. The third-order valence-corrected chi connectivity index (χ3v) is 4.91. The Morgan fingerprint density at radius 3 is 2.86 bits per heavy atom. The maximum atomic E-state index is 12.9. The fourth-order valence-electron chi connectivity index (χ4n) is 2.05. The molecule has 0 aromatic carbocycles. The summed E-state index contributed by atoms with van der Waals surface area (Å²) in [6.07, 6.45) is 3.95. The fraction of sp³-hybridized carbons (Fsp3) is 0.583. The molecule has 0 aliphatic heterocycles. The molecule has 0 N–H and O–H groups in total. The first kappa shape index (κ1) is 17.2. The first-order valence-corrected chi connectivity index (χ1v) is 7.81. The number of hydrogen-bond acceptors (Lipinski definition) is 5. The van der Waals surface area contributed by atoms with Gasteiger partial charge in [0.25, 0.3) is 0 Å². The topological polar surface area (TPSA) is 116 Å². The molecule has 1 unspecified atom stereocenters. The molecular weight excluding hydrogens is 299 g/mol. The smallest absolute Gasteiger partial charge is 0.170 e. The molecule has 1 rings (SSSR count). The van der Waals surface area contributed by atoms with Crippen LogP contribution >= 0.6 is 0 Å². The third-order valence-electron chi connectivity index (χ3n) is 3.11. The predicted octanol–water partition coefficient (Wildman–Crippen LogP) is 1.84. The van der Waals surface area contributed by atoms with Crippen molar-refractivity contribution in [2.45, 2.75) is 23.8 Å². The zero-order chi connectivity index (χ0) is 15.9. The van der Waals surface area contributed by atoms with Crippen molar-refractivity contribution in [3.8, 4) is 6.07 Å². The minimum absolute atomic E-state index is 0.172. The summed E-state index contributed by atoms with van der Waals surface area (Å²) in [6.45, 7) is -0.885. The summed E-state index contributed by atoms with van der Waals surface area (Å²) in [5.74, 6) is -0.551. The summed E-state index contributed by atoms with van der Waals surface area (Å²) in [5.41, 5.74) is 8.96. The Bertz CT molecular complexity index is 617. The van der Waals surface area contributed by atoms with Crippen LogP contribution < -0.4 is 0 Å². The lowest BCUT2D eigenvalue weighted by atomic mass is 9.97. The molecule has 0 spiro atoms. The van der Waals surface area contributed by atoms with Crippen molar-refractivity contribution in [1.82, 2.24) is 0 Å². The van der Waals surface area contributed by atoms with Gasteiger partial charge in [-0.25, -0.2) is 8.42 Å². The van der Waals surface area contributed by atoms with E-state index in [9.17, 15) is 12.8 Å². The highest BCUT2D eigenvalue weighted by atomic mass is 32.2. The van der Waals surface area contributed by atoms with Gasteiger partial charge >= 0.3 is 0 Å². The largest absolute Gasteiger partial charge is 0.376 e. The van der Waals surface area contributed by atoms with Crippen molar-refractivity contribution < 1.29 is 17.5 Å². The molecule has 114 valence electrons. The summed E-state index contributed by atoms with van der Waals surface area (Å²) in [7, 11) is -2.16. The van der Waals surface area contributed by atoms with E-state index < -0.39 is 39.7 Å². The van der Waals surface area contributed by atoms with E-state index in [0.29, 0.717) is 5.57 Å². The summed E-state index contributed by atoms with van der Waals surface area (Å²) in [4.78, 5) is 2.57. The number of rotatable bonds is 7. The van der Waals surface area contributed by atoms with Crippen LogP contribution in [0.1, 0.15) is 6.42 Å². The van der Waals surface area contributed by atoms with Crippen molar-refractivity contribution in [3.63, 3.8) is 0 Å². The molecule has 1 aliphatic rings. The number of sulfone groups is 1. The highest BCUT2D eigenvalue weighted by molar-refractivity contribution is 7.92. The van der Waals surface area contributed by atoms with E-state index in [0.717, 1.165) is 0 Å². The zero-order valence-electron chi connectivity index (χ0n) is 11.4. The van der Waals surface area contributed by atoms with Gasteiger partial charge < -0.3 is 4.74 Å². The minimum Gasteiger partial charge on any atom is -0.376 e. The average Bonchev–Trinajstić information content (AvgIpc) is 2.47. The maximum absolute atomic E-state index is 12.9. The molecule has 0 saturated heterocycles. The van der Waals surface area contributed by atoms with Crippen LogP contribution in [-0.2, 0) is 14.6 Å². The van der Waals surface area contributed by atoms with Crippen LogP contribution in [0.2, 0.25) is 0 Å². The Morgan fingerprint density at radius 1 is 1.71 bits per heavy atom. The quantitative estimate of drug-likeness (QED) is 0.405. The number of ether oxygens (including phenoxy) is 1. The Hall–Kier alpha value is -1.88.